The Bertz CT molecular complexity index is 1000. The van der Waals surface area contributed by atoms with Crippen LogP contribution in [0.25, 0.3) is 5.69 Å². The number of anilines is 1. The normalized spacial score (nSPS) is 10.7. The van der Waals surface area contributed by atoms with Crippen LogP contribution in [0.3, 0.4) is 0 Å². The number of aromatic nitrogens is 4. The van der Waals surface area contributed by atoms with E-state index in [9.17, 15) is 9.59 Å². The van der Waals surface area contributed by atoms with Crippen LogP contribution in [0, 0.1) is 6.92 Å². The summed E-state index contributed by atoms with van der Waals surface area (Å²) in [5, 5.41) is 15.5. The first-order valence-electron chi connectivity index (χ1n) is 9.10. The van der Waals surface area contributed by atoms with E-state index in [0.29, 0.717) is 22.1 Å². The molecule has 0 spiro atoms. The molecule has 0 saturated carbocycles. The lowest BCUT2D eigenvalue weighted by molar-refractivity contribution is -0.113. The summed E-state index contributed by atoms with van der Waals surface area (Å²) in [4.78, 5) is 25.9. The summed E-state index contributed by atoms with van der Waals surface area (Å²) in [7, 11) is 0. The van der Waals surface area contributed by atoms with E-state index in [1.54, 1.807) is 11.6 Å². The number of rotatable bonds is 8. The third kappa shape index (κ3) is 4.83. The summed E-state index contributed by atoms with van der Waals surface area (Å²) < 4.78 is 6.75. The van der Waals surface area contributed by atoms with Crippen molar-refractivity contribution in [3.05, 3.63) is 46.3 Å². The molecule has 152 valence electrons. The van der Waals surface area contributed by atoms with Crippen molar-refractivity contribution in [1.29, 1.82) is 0 Å². The van der Waals surface area contributed by atoms with Gasteiger partial charge in [-0.3, -0.25) is 4.79 Å². The highest BCUT2D eigenvalue weighted by Crippen LogP contribution is 2.34. The highest BCUT2D eigenvalue weighted by molar-refractivity contribution is 7.99. The molecule has 2 aromatic heterocycles. The number of aryl methyl sites for hydroxylation is 1. The monoisotopic (exact) mass is 431 g/mol. The van der Waals surface area contributed by atoms with Crippen LogP contribution < -0.4 is 5.32 Å². The zero-order valence-electron chi connectivity index (χ0n) is 16.3. The van der Waals surface area contributed by atoms with Crippen LogP contribution in [-0.2, 0) is 16.0 Å². The SMILES string of the molecule is CCOC(=O)c1c(NC(=O)CSc2nnnn2-c2ccccc2)sc(C)c1CC. The van der Waals surface area contributed by atoms with E-state index in [4.69, 9.17) is 4.74 Å². The Balaban J connectivity index is 1.71. The smallest absolute Gasteiger partial charge is 0.341 e. The molecule has 0 bridgehead atoms. The number of benzene rings is 1. The molecule has 1 aromatic carbocycles. The van der Waals surface area contributed by atoms with Gasteiger partial charge < -0.3 is 10.1 Å². The van der Waals surface area contributed by atoms with Crippen molar-refractivity contribution in [2.75, 3.05) is 17.7 Å². The standard InChI is InChI=1S/C19H21N5O3S2/c1-4-14-12(3)29-17(16(14)18(26)27-5-2)20-15(25)11-28-19-21-22-23-24(19)13-9-7-6-8-10-13/h6-10H,4-5,11H2,1-3H3,(H,20,25). The number of tetrazole rings is 1. The van der Waals surface area contributed by atoms with Crippen molar-refractivity contribution >= 4 is 40.0 Å². The van der Waals surface area contributed by atoms with Crippen LogP contribution in [0.15, 0.2) is 35.5 Å². The first kappa shape index (κ1) is 21.0. The van der Waals surface area contributed by atoms with Gasteiger partial charge in [0.25, 0.3) is 0 Å². The number of thioether (sulfide) groups is 1. The molecular formula is C19H21N5O3S2. The minimum absolute atomic E-state index is 0.105. The molecule has 1 amide bonds. The molecule has 3 rings (SSSR count). The quantitative estimate of drug-likeness (QED) is 0.430. The number of para-hydroxylation sites is 1. The number of nitrogens with one attached hydrogen (secondary N) is 1. The van der Waals surface area contributed by atoms with Crippen molar-refractivity contribution < 1.29 is 14.3 Å². The molecule has 0 unspecified atom stereocenters. The van der Waals surface area contributed by atoms with Gasteiger partial charge in [-0.25, -0.2) is 4.79 Å². The highest BCUT2D eigenvalue weighted by Gasteiger charge is 2.23. The average Bonchev–Trinajstić information content (AvgIpc) is 3.31. The Kier molecular flexibility index (Phi) is 6.99. The van der Waals surface area contributed by atoms with Crippen molar-refractivity contribution in [3.63, 3.8) is 0 Å². The fraction of sp³-hybridized carbons (Fsp3) is 0.316. The van der Waals surface area contributed by atoms with Crippen molar-refractivity contribution in [3.8, 4) is 5.69 Å². The van der Waals surface area contributed by atoms with Gasteiger partial charge in [-0.15, -0.1) is 16.4 Å². The van der Waals surface area contributed by atoms with Gasteiger partial charge in [0.05, 0.1) is 23.6 Å². The lowest BCUT2D eigenvalue weighted by Gasteiger charge is -2.08. The maximum Gasteiger partial charge on any atom is 0.341 e. The summed E-state index contributed by atoms with van der Waals surface area (Å²) in [6.45, 7) is 5.95. The number of hydrogen-bond donors (Lipinski definition) is 1. The number of amides is 1. The van der Waals surface area contributed by atoms with Crippen molar-refractivity contribution in [2.24, 2.45) is 0 Å². The summed E-state index contributed by atoms with van der Waals surface area (Å²) in [6, 6.07) is 9.45. The summed E-state index contributed by atoms with van der Waals surface area (Å²) in [5.41, 5.74) is 2.17. The Labute approximate surface area is 176 Å². The van der Waals surface area contributed by atoms with E-state index in [0.717, 1.165) is 16.1 Å². The number of thiophene rings is 1. The fourth-order valence-corrected chi connectivity index (χ4v) is 4.64. The summed E-state index contributed by atoms with van der Waals surface area (Å²) in [5.74, 6) is -0.551. The van der Waals surface area contributed by atoms with Crippen molar-refractivity contribution in [2.45, 2.75) is 32.3 Å². The maximum atomic E-state index is 12.5. The molecular weight excluding hydrogens is 410 g/mol. The molecule has 29 heavy (non-hydrogen) atoms. The largest absolute Gasteiger partial charge is 0.462 e. The van der Waals surface area contributed by atoms with Crippen molar-refractivity contribution in [1.82, 2.24) is 20.2 Å². The van der Waals surface area contributed by atoms with Crippen LogP contribution in [0.1, 0.15) is 34.6 Å². The second-order valence-corrected chi connectivity index (χ2v) is 8.13. The summed E-state index contributed by atoms with van der Waals surface area (Å²) >= 11 is 2.60. The highest BCUT2D eigenvalue weighted by atomic mass is 32.2. The Morgan fingerprint density at radius 1 is 1.24 bits per heavy atom. The molecule has 2 heterocycles. The predicted octanol–water partition coefficient (Wildman–Crippen LogP) is 3.50. The van der Waals surface area contributed by atoms with Crippen LogP contribution in [0.4, 0.5) is 5.00 Å². The van der Waals surface area contributed by atoms with Gasteiger partial charge in [-0.2, -0.15) is 4.68 Å². The Hall–Kier alpha value is -2.72. The van der Waals surface area contributed by atoms with Crippen LogP contribution >= 0.6 is 23.1 Å². The van der Waals surface area contributed by atoms with Gasteiger partial charge in [-0.05, 0) is 48.4 Å². The van der Waals surface area contributed by atoms with E-state index in [1.165, 1.54) is 23.1 Å². The number of esters is 1. The maximum absolute atomic E-state index is 12.5. The molecule has 0 aliphatic heterocycles. The second-order valence-electron chi connectivity index (χ2n) is 5.96. The van der Waals surface area contributed by atoms with Gasteiger partial charge >= 0.3 is 5.97 Å². The third-order valence-electron chi connectivity index (χ3n) is 4.07. The average molecular weight is 432 g/mol. The van der Waals surface area contributed by atoms with E-state index in [2.05, 4.69) is 20.8 Å². The number of nitrogens with zero attached hydrogens (tertiary/aromatic N) is 4. The van der Waals surface area contributed by atoms with Gasteiger partial charge in [0.15, 0.2) is 0 Å². The minimum Gasteiger partial charge on any atom is -0.462 e. The second kappa shape index (κ2) is 9.66. The Morgan fingerprint density at radius 2 is 2.00 bits per heavy atom. The molecule has 1 N–H and O–H groups in total. The first-order valence-corrected chi connectivity index (χ1v) is 10.9. The zero-order chi connectivity index (χ0) is 20.8. The molecule has 0 aliphatic carbocycles. The Morgan fingerprint density at radius 3 is 2.69 bits per heavy atom. The first-order chi connectivity index (χ1) is 14.0. The van der Waals surface area contributed by atoms with Gasteiger partial charge in [0, 0.05) is 4.88 Å². The minimum atomic E-state index is -0.412. The molecule has 8 nitrogen and oxygen atoms in total. The molecule has 0 atom stereocenters. The number of carbonyl (C=O) groups excluding carboxylic acids is 2. The predicted molar refractivity (Wildman–Crippen MR) is 113 cm³/mol. The van der Waals surface area contributed by atoms with E-state index >= 15 is 0 Å². The number of ether oxygens (including phenoxy) is 1. The van der Waals surface area contributed by atoms with E-state index in [1.807, 2.05) is 44.2 Å². The van der Waals surface area contributed by atoms with Crippen LogP contribution in [0.5, 0.6) is 0 Å². The lowest BCUT2D eigenvalue weighted by Crippen LogP contribution is -2.17. The van der Waals surface area contributed by atoms with Gasteiger partial charge in [-0.1, -0.05) is 36.9 Å². The molecule has 0 radical (unpaired) electrons. The van der Waals surface area contributed by atoms with Crippen LogP contribution in [0.2, 0.25) is 0 Å². The molecule has 10 heteroatoms. The van der Waals surface area contributed by atoms with Gasteiger partial charge in [0.2, 0.25) is 11.1 Å². The fourth-order valence-electron chi connectivity index (χ4n) is 2.80. The summed E-state index contributed by atoms with van der Waals surface area (Å²) in [6.07, 6.45) is 0.687. The number of hydrogen-bond acceptors (Lipinski definition) is 8. The lowest BCUT2D eigenvalue weighted by atomic mass is 10.1. The molecule has 0 aliphatic rings. The van der Waals surface area contributed by atoms with Gasteiger partial charge in [0.1, 0.15) is 5.00 Å². The topological polar surface area (TPSA) is 99.0 Å². The zero-order valence-corrected chi connectivity index (χ0v) is 18.0. The molecule has 0 fully saturated rings. The number of carbonyl (C=O) groups is 2. The molecule has 0 saturated heterocycles. The van der Waals surface area contributed by atoms with Crippen LogP contribution in [-0.4, -0.2) is 44.4 Å². The molecule has 3 aromatic rings. The van der Waals surface area contributed by atoms with E-state index in [-0.39, 0.29) is 18.3 Å². The van der Waals surface area contributed by atoms with E-state index < -0.39 is 5.97 Å². The third-order valence-corrected chi connectivity index (χ3v) is 6.05.